The molecule has 0 bridgehead atoms. The van der Waals surface area contributed by atoms with Gasteiger partial charge in [-0.3, -0.25) is 4.90 Å². The SMILES string of the molecule is Cc1ccccc1[C@H]1CCCN(Cc2nc(-c3ccoc3)oc2C)C1. The Labute approximate surface area is 148 Å². The highest BCUT2D eigenvalue weighted by atomic mass is 16.4. The van der Waals surface area contributed by atoms with Gasteiger partial charge in [-0.1, -0.05) is 24.3 Å². The van der Waals surface area contributed by atoms with Crippen LogP contribution in [0.1, 0.15) is 41.3 Å². The van der Waals surface area contributed by atoms with Crippen LogP contribution in [0.15, 0.2) is 51.7 Å². The zero-order valence-electron chi connectivity index (χ0n) is 14.9. The summed E-state index contributed by atoms with van der Waals surface area (Å²) in [5.41, 5.74) is 4.81. The lowest BCUT2D eigenvalue weighted by Crippen LogP contribution is -2.34. The van der Waals surface area contributed by atoms with Gasteiger partial charge in [0.2, 0.25) is 5.89 Å². The van der Waals surface area contributed by atoms with Crippen molar-refractivity contribution in [2.24, 2.45) is 0 Å². The first-order valence-corrected chi connectivity index (χ1v) is 8.97. The standard InChI is InChI=1S/C21H24N2O2/c1-15-6-3-4-8-19(15)17-7-5-10-23(12-17)13-20-16(2)25-21(22-20)18-9-11-24-14-18/h3-4,6,8-9,11,14,17H,5,7,10,12-13H2,1-2H3/t17-/m0/s1. The molecule has 0 radical (unpaired) electrons. The van der Waals surface area contributed by atoms with E-state index in [1.807, 2.05) is 13.0 Å². The highest BCUT2D eigenvalue weighted by Gasteiger charge is 2.24. The molecule has 4 heteroatoms. The lowest BCUT2D eigenvalue weighted by atomic mass is 9.88. The summed E-state index contributed by atoms with van der Waals surface area (Å²) in [7, 11) is 0. The van der Waals surface area contributed by atoms with Crippen LogP contribution in [-0.4, -0.2) is 23.0 Å². The molecule has 3 heterocycles. The molecule has 0 N–H and O–H groups in total. The zero-order chi connectivity index (χ0) is 17.2. The molecular formula is C21H24N2O2. The van der Waals surface area contributed by atoms with E-state index in [1.54, 1.807) is 12.5 Å². The second-order valence-electron chi connectivity index (χ2n) is 6.96. The molecule has 0 saturated carbocycles. The summed E-state index contributed by atoms with van der Waals surface area (Å²) in [6.07, 6.45) is 5.81. The molecule has 1 atom stereocenters. The van der Waals surface area contributed by atoms with E-state index >= 15 is 0 Å². The molecule has 130 valence electrons. The minimum atomic E-state index is 0.607. The maximum absolute atomic E-state index is 5.83. The minimum Gasteiger partial charge on any atom is -0.472 e. The second-order valence-corrected chi connectivity index (χ2v) is 6.96. The van der Waals surface area contributed by atoms with Gasteiger partial charge in [-0.25, -0.2) is 4.98 Å². The predicted molar refractivity (Wildman–Crippen MR) is 97.4 cm³/mol. The lowest BCUT2D eigenvalue weighted by Gasteiger charge is -2.33. The van der Waals surface area contributed by atoms with Crippen LogP contribution in [0.5, 0.6) is 0 Å². The quantitative estimate of drug-likeness (QED) is 0.677. The fraction of sp³-hybridized carbons (Fsp3) is 0.381. The largest absolute Gasteiger partial charge is 0.472 e. The topological polar surface area (TPSA) is 42.4 Å². The van der Waals surface area contributed by atoms with Gasteiger partial charge in [-0.15, -0.1) is 0 Å². The molecule has 0 spiro atoms. The Bertz CT molecular complexity index is 835. The molecule has 1 aliphatic rings. The van der Waals surface area contributed by atoms with Crippen molar-refractivity contribution in [3.8, 4) is 11.5 Å². The van der Waals surface area contributed by atoms with Gasteiger partial charge in [-0.05, 0) is 56.3 Å². The van der Waals surface area contributed by atoms with Crippen LogP contribution in [-0.2, 0) is 6.54 Å². The molecule has 3 aromatic rings. The molecule has 25 heavy (non-hydrogen) atoms. The molecule has 1 saturated heterocycles. The summed E-state index contributed by atoms with van der Waals surface area (Å²) < 4.78 is 11.0. The fourth-order valence-corrected chi connectivity index (χ4v) is 3.79. The monoisotopic (exact) mass is 336 g/mol. The molecule has 0 unspecified atom stereocenters. The molecule has 0 aliphatic carbocycles. The average Bonchev–Trinajstić information content (AvgIpc) is 3.26. The highest BCUT2D eigenvalue weighted by Crippen LogP contribution is 2.30. The van der Waals surface area contributed by atoms with Gasteiger partial charge in [0.25, 0.3) is 0 Å². The number of hydrogen-bond donors (Lipinski definition) is 0. The first-order chi connectivity index (χ1) is 12.2. The molecule has 2 aromatic heterocycles. The Morgan fingerprint density at radius 2 is 2.08 bits per heavy atom. The molecule has 0 amide bonds. The maximum Gasteiger partial charge on any atom is 0.229 e. The molecule has 1 aliphatic heterocycles. The van der Waals surface area contributed by atoms with E-state index in [2.05, 4.69) is 36.1 Å². The van der Waals surface area contributed by atoms with E-state index in [4.69, 9.17) is 13.8 Å². The number of piperidine rings is 1. The van der Waals surface area contributed by atoms with Crippen LogP contribution >= 0.6 is 0 Å². The summed E-state index contributed by atoms with van der Waals surface area (Å²) in [6, 6.07) is 10.6. The van der Waals surface area contributed by atoms with Crippen LogP contribution in [0.4, 0.5) is 0 Å². The van der Waals surface area contributed by atoms with Gasteiger partial charge in [0, 0.05) is 13.1 Å². The number of aryl methyl sites for hydroxylation is 2. The predicted octanol–water partition coefficient (Wildman–Crippen LogP) is 4.93. The van der Waals surface area contributed by atoms with Crippen molar-refractivity contribution in [3.05, 3.63) is 65.4 Å². The Morgan fingerprint density at radius 1 is 1.20 bits per heavy atom. The van der Waals surface area contributed by atoms with Crippen LogP contribution in [0.2, 0.25) is 0 Å². The summed E-state index contributed by atoms with van der Waals surface area (Å²) >= 11 is 0. The first kappa shape index (κ1) is 16.2. The van der Waals surface area contributed by atoms with Crippen LogP contribution in [0.25, 0.3) is 11.5 Å². The first-order valence-electron chi connectivity index (χ1n) is 8.97. The van der Waals surface area contributed by atoms with E-state index in [0.29, 0.717) is 11.8 Å². The highest BCUT2D eigenvalue weighted by molar-refractivity contribution is 5.51. The number of furan rings is 1. The lowest BCUT2D eigenvalue weighted by molar-refractivity contribution is 0.197. The van der Waals surface area contributed by atoms with Crippen molar-refractivity contribution in [1.29, 1.82) is 0 Å². The Hall–Kier alpha value is -2.33. The van der Waals surface area contributed by atoms with Gasteiger partial charge in [0.15, 0.2) is 0 Å². The van der Waals surface area contributed by atoms with Crippen LogP contribution in [0.3, 0.4) is 0 Å². The number of rotatable bonds is 4. The van der Waals surface area contributed by atoms with Gasteiger partial charge in [0.05, 0.1) is 17.5 Å². The third-order valence-electron chi connectivity index (χ3n) is 5.17. The van der Waals surface area contributed by atoms with E-state index in [1.165, 1.54) is 24.0 Å². The van der Waals surface area contributed by atoms with Gasteiger partial charge >= 0.3 is 0 Å². The van der Waals surface area contributed by atoms with Crippen molar-refractivity contribution in [2.75, 3.05) is 13.1 Å². The Kier molecular flexibility index (Phi) is 4.45. The van der Waals surface area contributed by atoms with E-state index in [0.717, 1.165) is 36.7 Å². The summed E-state index contributed by atoms with van der Waals surface area (Å²) in [6.45, 7) is 7.26. The number of aromatic nitrogens is 1. The third kappa shape index (κ3) is 3.40. The van der Waals surface area contributed by atoms with Crippen molar-refractivity contribution < 1.29 is 8.83 Å². The van der Waals surface area contributed by atoms with Gasteiger partial charge in [0.1, 0.15) is 12.0 Å². The van der Waals surface area contributed by atoms with Crippen LogP contribution < -0.4 is 0 Å². The van der Waals surface area contributed by atoms with E-state index in [-0.39, 0.29) is 0 Å². The van der Waals surface area contributed by atoms with Crippen molar-refractivity contribution in [2.45, 2.75) is 39.2 Å². The van der Waals surface area contributed by atoms with Gasteiger partial charge < -0.3 is 8.83 Å². The number of hydrogen-bond acceptors (Lipinski definition) is 4. The molecule has 1 aromatic carbocycles. The second kappa shape index (κ2) is 6.89. The normalized spacial score (nSPS) is 18.6. The third-order valence-corrected chi connectivity index (χ3v) is 5.17. The van der Waals surface area contributed by atoms with E-state index < -0.39 is 0 Å². The molecular weight excluding hydrogens is 312 g/mol. The number of nitrogens with zero attached hydrogens (tertiary/aromatic N) is 2. The Morgan fingerprint density at radius 3 is 2.88 bits per heavy atom. The number of oxazole rings is 1. The van der Waals surface area contributed by atoms with Crippen LogP contribution in [0, 0.1) is 13.8 Å². The summed E-state index contributed by atoms with van der Waals surface area (Å²) in [4.78, 5) is 7.20. The van der Waals surface area contributed by atoms with Gasteiger partial charge in [-0.2, -0.15) is 0 Å². The minimum absolute atomic E-state index is 0.607. The average molecular weight is 336 g/mol. The smallest absolute Gasteiger partial charge is 0.229 e. The van der Waals surface area contributed by atoms with Crippen molar-refractivity contribution in [1.82, 2.24) is 9.88 Å². The molecule has 4 nitrogen and oxygen atoms in total. The maximum atomic E-state index is 5.83. The Balaban J connectivity index is 1.49. The summed E-state index contributed by atoms with van der Waals surface area (Å²) in [5.74, 6) is 2.15. The molecule has 4 rings (SSSR count). The molecule has 1 fully saturated rings. The zero-order valence-corrected chi connectivity index (χ0v) is 14.9. The number of likely N-dealkylation sites (tertiary alicyclic amines) is 1. The van der Waals surface area contributed by atoms with Crippen molar-refractivity contribution >= 4 is 0 Å². The summed E-state index contributed by atoms with van der Waals surface area (Å²) in [5, 5.41) is 0. The van der Waals surface area contributed by atoms with E-state index in [9.17, 15) is 0 Å². The number of benzene rings is 1. The fourth-order valence-electron chi connectivity index (χ4n) is 3.79. The van der Waals surface area contributed by atoms with Crippen molar-refractivity contribution in [3.63, 3.8) is 0 Å².